The highest BCUT2D eigenvalue weighted by atomic mass is 14.8. The van der Waals surface area contributed by atoms with Gasteiger partial charge in [-0.3, -0.25) is 19.9 Å². The summed E-state index contributed by atoms with van der Waals surface area (Å²) in [6.45, 7) is 3.89. The Balaban J connectivity index is 2.02. The zero-order chi connectivity index (χ0) is 11.4. The molecule has 0 N–H and O–H groups in total. The minimum absolute atomic E-state index is 0.854. The second-order valence-electron chi connectivity index (χ2n) is 3.80. The van der Waals surface area contributed by atoms with Gasteiger partial charge in [-0.25, -0.2) is 0 Å². The highest BCUT2D eigenvalue weighted by Gasteiger charge is 2.00. The van der Waals surface area contributed by atoms with Gasteiger partial charge in [0.15, 0.2) is 0 Å². The molecule has 0 radical (unpaired) electrons. The predicted octanol–water partition coefficient (Wildman–Crippen LogP) is 1.67. The fourth-order valence-corrected chi connectivity index (χ4v) is 1.53. The minimum Gasteiger partial charge on any atom is -0.261 e. The molecule has 0 unspecified atom stereocenters. The molecule has 4 heteroatoms. The molecule has 0 fully saturated rings. The molecule has 16 heavy (non-hydrogen) atoms. The normalized spacial score (nSPS) is 10.4. The topological polar surface area (TPSA) is 51.6 Å². The monoisotopic (exact) mass is 214 g/mol. The Labute approximate surface area is 94.8 Å². The number of hydrogen-bond donors (Lipinski definition) is 0. The predicted molar refractivity (Wildman–Crippen MR) is 60.9 cm³/mol. The summed E-state index contributed by atoms with van der Waals surface area (Å²) in [4.78, 5) is 17.0. The van der Waals surface area contributed by atoms with E-state index in [1.54, 1.807) is 24.8 Å². The molecule has 0 saturated carbocycles. The van der Waals surface area contributed by atoms with Gasteiger partial charge >= 0.3 is 0 Å². The summed E-state index contributed by atoms with van der Waals surface area (Å²) in [5.74, 6) is 0. The van der Waals surface area contributed by atoms with Crippen LogP contribution in [0.25, 0.3) is 0 Å². The van der Waals surface area contributed by atoms with Gasteiger partial charge in [0.25, 0.3) is 0 Å². The van der Waals surface area contributed by atoms with Crippen molar-refractivity contribution in [3.05, 3.63) is 47.6 Å². The maximum atomic E-state index is 4.40. The number of hydrogen-bond acceptors (Lipinski definition) is 4. The average Bonchev–Trinajstić information content (AvgIpc) is 2.27. The lowest BCUT2D eigenvalue weighted by Crippen LogP contribution is -2.00. The Morgan fingerprint density at radius 2 is 1.19 bits per heavy atom. The summed E-state index contributed by atoms with van der Waals surface area (Å²) >= 11 is 0. The van der Waals surface area contributed by atoms with Gasteiger partial charge in [-0.05, 0) is 26.7 Å². The Morgan fingerprint density at radius 1 is 0.750 bits per heavy atom. The zero-order valence-electron chi connectivity index (χ0n) is 9.51. The van der Waals surface area contributed by atoms with Gasteiger partial charge in [-0.15, -0.1) is 0 Å². The first-order valence-corrected chi connectivity index (χ1v) is 5.29. The van der Waals surface area contributed by atoms with Crippen molar-refractivity contribution in [3.8, 4) is 0 Å². The van der Waals surface area contributed by atoms with Crippen molar-refractivity contribution >= 4 is 0 Å². The molecule has 0 aromatic carbocycles. The smallest absolute Gasteiger partial charge is 0.0593 e. The number of aryl methyl sites for hydroxylation is 4. The van der Waals surface area contributed by atoms with E-state index in [4.69, 9.17) is 0 Å². The molecule has 0 aliphatic carbocycles. The van der Waals surface area contributed by atoms with E-state index in [1.165, 1.54) is 0 Å². The lowest BCUT2D eigenvalue weighted by Gasteiger charge is -2.01. The van der Waals surface area contributed by atoms with Crippen molar-refractivity contribution in [2.24, 2.45) is 0 Å². The van der Waals surface area contributed by atoms with Crippen molar-refractivity contribution in [1.82, 2.24) is 19.9 Å². The van der Waals surface area contributed by atoms with Crippen LogP contribution in [0.4, 0.5) is 0 Å². The van der Waals surface area contributed by atoms with E-state index < -0.39 is 0 Å². The van der Waals surface area contributed by atoms with Crippen LogP contribution in [-0.2, 0) is 12.8 Å². The second kappa shape index (κ2) is 4.79. The molecule has 2 aromatic rings. The van der Waals surface area contributed by atoms with E-state index in [2.05, 4.69) is 19.9 Å². The van der Waals surface area contributed by atoms with E-state index in [0.29, 0.717) is 0 Å². The molecule has 0 spiro atoms. The van der Waals surface area contributed by atoms with Crippen LogP contribution in [0.3, 0.4) is 0 Å². The van der Waals surface area contributed by atoms with E-state index in [9.17, 15) is 0 Å². The van der Waals surface area contributed by atoms with Crippen LogP contribution in [0.2, 0.25) is 0 Å². The molecular formula is C12H14N4. The van der Waals surface area contributed by atoms with Gasteiger partial charge < -0.3 is 0 Å². The van der Waals surface area contributed by atoms with Gasteiger partial charge in [0.1, 0.15) is 0 Å². The highest BCUT2D eigenvalue weighted by Crippen LogP contribution is 2.02. The van der Waals surface area contributed by atoms with Crippen molar-refractivity contribution in [1.29, 1.82) is 0 Å². The molecule has 0 amide bonds. The van der Waals surface area contributed by atoms with Gasteiger partial charge in [0.05, 0.1) is 22.8 Å². The molecule has 2 heterocycles. The molecule has 0 bridgehead atoms. The minimum atomic E-state index is 0.854. The third-order valence-electron chi connectivity index (χ3n) is 2.25. The third-order valence-corrected chi connectivity index (χ3v) is 2.25. The molecule has 82 valence electrons. The fourth-order valence-electron chi connectivity index (χ4n) is 1.53. The summed E-state index contributed by atoms with van der Waals surface area (Å²) in [6, 6.07) is 0. The SMILES string of the molecule is Cc1cncc(CCc2cncc(C)n2)n1. The molecule has 0 aliphatic rings. The highest BCUT2D eigenvalue weighted by molar-refractivity contribution is 5.06. The number of nitrogens with zero attached hydrogens (tertiary/aromatic N) is 4. The number of aromatic nitrogens is 4. The first-order valence-electron chi connectivity index (χ1n) is 5.29. The summed E-state index contributed by atoms with van der Waals surface area (Å²) in [6.07, 6.45) is 8.83. The van der Waals surface area contributed by atoms with Crippen molar-refractivity contribution in [2.45, 2.75) is 26.7 Å². The van der Waals surface area contributed by atoms with Crippen LogP contribution in [0.5, 0.6) is 0 Å². The largest absolute Gasteiger partial charge is 0.261 e. The first-order chi connectivity index (χ1) is 7.74. The van der Waals surface area contributed by atoms with E-state index in [1.807, 2.05) is 13.8 Å². The van der Waals surface area contributed by atoms with Crippen LogP contribution in [0, 0.1) is 13.8 Å². The van der Waals surface area contributed by atoms with Crippen molar-refractivity contribution in [3.63, 3.8) is 0 Å². The summed E-state index contributed by atoms with van der Waals surface area (Å²) in [7, 11) is 0. The van der Waals surface area contributed by atoms with E-state index in [0.717, 1.165) is 35.6 Å². The maximum Gasteiger partial charge on any atom is 0.0593 e. The fraction of sp³-hybridized carbons (Fsp3) is 0.333. The van der Waals surface area contributed by atoms with Crippen LogP contribution < -0.4 is 0 Å². The average molecular weight is 214 g/mol. The van der Waals surface area contributed by atoms with Crippen LogP contribution in [-0.4, -0.2) is 19.9 Å². The lowest BCUT2D eigenvalue weighted by molar-refractivity contribution is 0.844. The van der Waals surface area contributed by atoms with Gasteiger partial charge in [0, 0.05) is 24.8 Å². The van der Waals surface area contributed by atoms with Crippen molar-refractivity contribution in [2.75, 3.05) is 0 Å². The molecule has 0 atom stereocenters. The van der Waals surface area contributed by atoms with Gasteiger partial charge in [-0.1, -0.05) is 0 Å². The Bertz CT molecular complexity index is 436. The van der Waals surface area contributed by atoms with Crippen LogP contribution in [0.15, 0.2) is 24.8 Å². The summed E-state index contributed by atoms with van der Waals surface area (Å²) < 4.78 is 0. The molecule has 0 aliphatic heterocycles. The Morgan fingerprint density at radius 3 is 1.56 bits per heavy atom. The molecule has 2 rings (SSSR count). The Hall–Kier alpha value is -1.84. The molecular weight excluding hydrogens is 200 g/mol. The Kier molecular flexibility index (Phi) is 3.19. The standard InChI is InChI=1S/C12H14N4/c1-9-5-13-7-11(15-9)3-4-12-8-14-6-10(2)16-12/h5-8H,3-4H2,1-2H3. The number of rotatable bonds is 3. The van der Waals surface area contributed by atoms with Crippen LogP contribution >= 0.6 is 0 Å². The molecule has 4 nitrogen and oxygen atoms in total. The van der Waals surface area contributed by atoms with E-state index in [-0.39, 0.29) is 0 Å². The molecule has 2 aromatic heterocycles. The van der Waals surface area contributed by atoms with Crippen molar-refractivity contribution < 1.29 is 0 Å². The summed E-state index contributed by atoms with van der Waals surface area (Å²) in [5, 5.41) is 0. The quantitative estimate of drug-likeness (QED) is 0.779. The zero-order valence-corrected chi connectivity index (χ0v) is 9.51. The van der Waals surface area contributed by atoms with Gasteiger partial charge in [0.2, 0.25) is 0 Å². The lowest BCUT2D eigenvalue weighted by atomic mass is 10.2. The molecule has 0 saturated heterocycles. The van der Waals surface area contributed by atoms with Crippen LogP contribution in [0.1, 0.15) is 22.8 Å². The third kappa shape index (κ3) is 2.82. The first kappa shape index (κ1) is 10.7. The van der Waals surface area contributed by atoms with E-state index >= 15 is 0 Å². The van der Waals surface area contributed by atoms with Gasteiger partial charge in [-0.2, -0.15) is 0 Å². The summed E-state index contributed by atoms with van der Waals surface area (Å²) in [5.41, 5.74) is 3.91. The second-order valence-corrected chi connectivity index (χ2v) is 3.80. The maximum absolute atomic E-state index is 4.40.